The molecule has 1 atom stereocenters. The first-order valence-corrected chi connectivity index (χ1v) is 9.21. The number of thiophene rings is 1. The molecular weight excluding hydrogens is 449 g/mol. The number of guanidine groups is 1. The molecule has 0 saturated carbocycles. The summed E-state index contributed by atoms with van der Waals surface area (Å²) in [5, 5.41) is 8.78. The molecule has 0 aliphatic heterocycles. The molecule has 25 heavy (non-hydrogen) atoms. The molecule has 1 unspecified atom stereocenters. The largest absolute Gasteiger partial charge is 0.469 e. The van der Waals surface area contributed by atoms with Crippen molar-refractivity contribution in [1.29, 1.82) is 0 Å². The van der Waals surface area contributed by atoms with Gasteiger partial charge in [0, 0.05) is 38.0 Å². The first-order valence-electron chi connectivity index (χ1n) is 8.34. The maximum absolute atomic E-state index is 5.35. The summed E-state index contributed by atoms with van der Waals surface area (Å²) in [4.78, 5) is 6.12. The molecule has 2 rings (SSSR count). The standard InChI is InChI=1S/C18H27N3O2S.HI/c1-15(13-17-6-4-12-24-17)14-21-18(20-9-11-22-2)19-8-7-16-5-3-10-23-16;/h3-6,10,12,15H,7-9,11,13-14H2,1-2H3,(H2,19,20,21);1H. The van der Waals surface area contributed by atoms with Crippen molar-refractivity contribution in [3.05, 3.63) is 46.5 Å². The average molecular weight is 477 g/mol. The van der Waals surface area contributed by atoms with Crippen LogP contribution >= 0.6 is 35.3 Å². The van der Waals surface area contributed by atoms with Gasteiger partial charge in [-0.25, -0.2) is 0 Å². The molecular formula is C18H28IN3O2S. The van der Waals surface area contributed by atoms with Gasteiger partial charge in [-0.15, -0.1) is 35.3 Å². The van der Waals surface area contributed by atoms with Crippen molar-refractivity contribution in [2.75, 3.05) is 33.4 Å². The molecule has 0 spiro atoms. The predicted octanol–water partition coefficient (Wildman–Crippen LogP) is 3.56. The van der Waals surface area contributed by atoms with Crippen molar-refractivity contribution in [1.82, 2.24) is 10.6 Å². The summed E-state index contributed by atoms with van der Waals surface area (Å²) in [7, 11) is 1.70. The number of halogens is 1. The molecule has 0 amide bonds. The molecule has 0 bridgehead atoms. The van der Waals surface area contributed by atoms with Gasteiger partial charge in [0.25, 0.3) is 0 Å². The molecule has 0 aliphatic carbocycles. The number of hydrogen-bond donors (Lipinski definition) is 2. The lowest BCUT2D eigenvalue weighted by Crippen LogP contribution is -2.40. The van der Waals surface area contributed by atoms with Crippen LogP contribution < -0.4 is 10.6 Å². The normalized spacial score (nSPS) is 12.5. The zero-order valence-electron chi connectivity index (χ0n) is 14.9. The molecule has 2 heterocycles. The van der Waals surface area contributed by atoms with E-state index in [2.05, 4.69) is 35.1 Å². The van der Waals surface area contributed by atoms with Crippen LogP contribution in [-0.2, 0) is 17.6 Å². The number of nitrogens with zero attached hydrogens (tertiary/aromatic N) is 1. The summed E-state index contributed by atoms with van der Waals surface area (Å²) < 4.78 is 10.4. The second kappa shape index (κ2) is 13.2. The SMILES string of the molecule is COCCNC(=NCC(C)Cc1cccs1)NCCc1ccco1.I. The zero-order valence-corrected chi connectivity index (χ0v) is 18.0. The molecule has 0 aliphatic rings. The second-order valence-electron chi connectivity index (χ2n) is 5.75. The Morgan fingerprint density at radius 3 is 2.80 bits per heavy atom. The van der Waals surface area contributed by atoms with Crippen LogP contribution in [0.5, 0.6) is 0 Å². The van der Waals surface area contributed by atoms with Gasteiger partial charge in [-0.05, 0) is 35.9 Å². The molecule has 2 N–H and O–H groups in total. The van der Waals surface area contributed by atoms with Crippen molar-refractivity contribution in [2.24, 2.45) is 10.9 Å². The highest BCUT2D eigenvalue weighted by molar-refractivity contribution is 14.0. The van der Waals surface area contributed by atoms with Crippen LogP contribution in [0.25, 0.3) is 0 Å². The molecule has 0 aromatic carbocycles. The minimum Gasteiger partial charge on any atom is -0.469 e. The van der Waals surface area contributed by atoms with Crippen molar-refractivity contribution in [3.8, 4) is 0 Å². The number of rotatable bonds is 10. The lowest BCUT2D eigenvalue weighted by molar-refractivity contribution is 0.203. The average Bonchev–Trinajstić information content (AvgIpc) is 3.26. The van der Waals surface area contributed by atoms with Crippen LogP contribution in [-0.4, -0.2) is 39.3 Å². The van der Waals surface area contributed by atoms with E-state index in [4.69, 9.17) is 14.1 Å². The Morgan fingerprint density at radius 1 is 1.28 bits per heavy atom. The third kappa shape index (κ3) is 9.27. The van der Waals surface area contributed by atoms with Gasteiger partial charge in [-0.2, -0.15) is 0 Å². The summed E-state index contributed by atoms with van der Waals surface area (Å²) in [5.74, 6) is 2.32. The quantitative estimate of drug-likeness (QED) is 0.238. The Morgan fingerprint density at radius 2 is 2.12 bits per heavy atom. The fraction of sp³-hybridized carbons (Fsp3) is 0.500. The molecule has 0 radical (unpaired) electrons. The summed E-state index contributed by atoms with van der Waals surface area (Å²) in [5.41, 5.74) is 0. The van der Waals surface area contributed by atoms with Gasteiger partial charge in [-0.1, -0.05) is 13.0 Å². The Labute approximate surface area is 171 Å². The number of aliphatic imine (C=N–C) groups is 1. The Hall–Kier alpha value is -1.06. The molecule has 5 nitrogen and oxygen atoms in total. The lowest BCUT2D eigenvalue weighted by atomic mass is 10.1. The molecule has 0 saturated heterocycles. The van der Waals surface area contributed by atoms with Crippen LogP contribution in [0.3, 0.4) is 0 Å². The smallest absolute Gasteiger partial charge is 0.191 e. The van der Waals surface area contributed by atoms with Crippen LogP contribution in [0.4, 0.5) is 0 Å². The minimum absolute atomic E-state index is 0. The van der Waals surface area contributed by atoms with Gasteiger partial charge in [0.1, 0.15) is 5.76 Å². The fourth-order valence-corrected chi connectivity index (χ4v) is 3.16. The first-order chi connectivity index (χ1) is 11.8. The van der Waals surface area contributed by atoms with Gasteiger partial charge >= 0.3 is 0 Å². The predicted molar refractivity (Wildman–Crippen MR) is 115 cm³/mol. The minimum atomic E-state index is 0. The van der Waals surface area contributed by atoms with Crippen LogP contribution in [0.1, 0.15) is 17.6 Å². The van der Waals surface area contributed by atoms with Gasteiger partial charge < -0.3 is 19.8 Å². The number of methoxy groups -OCH3 is 1. The first kappa shape index (κ1) is 22.0. The maximum Gasteiger partial charge on any atom is 0.191 e. The zero-order chi connectivity index (χ0) is 17.0. The van der Waals surface area contributed by atoms with Crippen LogP contribution in [0.2, 0.25) is 0 Å². The third-order valence-corrected chi connectivity index (χ3v) is 4.43. The number of nitrogens with one attached hydrogen (secondary N) is 2. The number of furan rings is 1. The second-order valence-corrected chi connectivity index (χ2v) is 6.79. The van der Waals surface area contributed by atoms with Gasteiger partial charge in [0.05, 0.1) is 12.9 Å². The number of ether oxygens (including phenoxy) is 1. The van der Waals surface area contributed by atoms with Gasteiger partial charge in [0.2, 0.25) is 0 Å². The van der Waals surface area contributed by atoms with E-state index in [0.29, 0.717) is 12.5 Å². The van der Waals surface area contributed by atoms with Crippen LogP contribution in [0.15, 0.2) is 45.3 Å². The number of hydrogen-bond acceptors (Lipinski definition) is 4. The third-order valence-electron chi connectivity index (χ3n) is 3.53. The van der Waals surface area contributed by atoms with Crippen molar-refractivity contribution in [3.63, 3.8) is 0 Å². The molecule has 7 heteroatoms. The summed E-state index contributed by atoms with van der Waals surface area (Å²) in [6, 6.07) is 8.18. The summed E-state index contributed by atoms with van der Waals surface area (Å²) in [6.45, 7) is 5.21. The summed E-state index contributed by atoms with van der Waals surface area (Å²) in [6.07, 6.45) is 3.61. The van der Waals surface area contributed by atoms with Crippen molar-refractivity contribution in [2.45, 2.75) is 19.8 Å². The maximum atomic E-state index is 5.35. The molecule has 2 aromatic heterocycles. The van der Waals surface area contributed by atoms with E-state index in [0.717, 1.165) is 44.2 Å². The lowest BCUT2D eigenvalue weighted by Gasteiger charge is -2.13. The molecule has 140 valence electrons. The fourth-order valence-electron chi connectivity index (χ4n) is 2.29. The van der Waals surface area contributed by atoms with Gasteiger partial charge in [0.15, 0.2) is 5.96 Å². The Bertz CT molecular complexity index is 573. The van der Waals surface area contributed by atoms with Gasteiger partial charge in [-0.3, -0.25) is 4.99 Å². The van der Waals surface area contributed by atoms with E-state index in [1.165, 1.54) is 4.88 Å². The Balaban J connectivity index is 0.00000312. The van der Waals surface area contributed by atoms with E-state index in [1.54, 1.807) is 13.4 Å². The van der Waals surface area contributed by atoms with Crippen molar-refractivity contribution < 1.29 is 9.15 Å². The van der Waals surface area contributed by atoms with E-state index in [-0.39, 0.29) is 24.0 Å². The van der Waals surface area contributed by atoms with Crippen LogP contribution in [0, 0.1) is 5.92 Å². The van der Waals surface area contributed by atoms with E-state index in [1.807, 2.05) is 23.5 Å². The van der Waals surface area contributed by atoms with E-state index >= 15 is 0 Å². The highest BCUT2D eigenvalue weighted by Crippen LogP contribution is 2.14. The topological polar surface area (TPSA) is 58.8 Å². The highest BCUT2D eigenvalue weighted by Gasteiger charge is 2.06. The molecule has 2 aromatic rings. The summed E-state index contributed by atoms with van der Waals surface area (Å²) >= 11 is 1.81. The monoisotopic (exact) mass is 477 g/mol. The van der Waals surface area contributed by atoms with E-state index < -0.39 is 0 Å². The van der Waals surface area contributed by atoms with E-state index in [9.17, 15) is 0 Å². The Kier molecular flexibility index (Phi) is 11.6. The highest BCUT2D eigenvalue weighted by atomic mass is 127. The van der Waals surface area contributed by atoms with Crippen molar-refractivity contribution >= 4 is 41.3 Å². The molecule has 0 fully saturated rings.